The lowest BCUT2D eigenvalue weighted by molar-refractivity contribution is 0.550. The van der Waals surface area contributed by atoms with E-state index in [2.05, 4.69) is 10.3 Å². The molecule has 0 radical (unpaired) electrons. The maximum Gasteiger partial charge on any atom is 0.328 e. The first-order valence-electron chi connectivity index (χ1n) is 5.79. The van der Waals surface area contributed by atoms with Gasteiger partial charge in [-0.2, -0.15) is 0 Å². The third-order valence-corrected chi connectivity index (χ3v) is 2.73. The van der Waals surface area contributed by atoms with E-state index in [1.165, 1.54) is 18.9 Å². The highest BCUT2D eigenvalue weighted by Crippen LogP contribution is 2.18. The zero-order chi connectivity index (χ0) is 11.4. The minimum absolute atomic E-state index is 0.317. The maximum absolute atomic E-state index is 11.3. The van der Waals surface area contributed by atoms with Crippen molar-refractivity contribution in [2.24, 2.45) is 0 Å². The second-order valence-electron chi connectivity index (χ2n) is 4.24. The minimum Gasteiger partial charge on any atom is -0.314 e. The van der Waals surface area contributed by atoms with Crippen molar-refractivity contribution in [3.8, 4) is 0 Å². The summed E-state index contributed by atoms with van der Waals surface area (Å²) >= 11 is 0. The molecule has 1 fully saturated rings. The van der Waals surface area contributed by atoms with Crippen LogP contribution in [0.15, 0.2) is 21.9 Å². The molecule has 1 saturated carbocycles. The number of hydrogen-bond donors (Lipinski definition) is 2. The SMILES string of the molecule is O=c1ccn(CCCCNC2CC2)c(=O)[nH]1. The van der Waals surface area contributed by atoms with Crippen molar-refractivity contribution in [2.45, 2.75) is 38.3 Å². The number of unbranched alkanes of at least 4 members (excludes halogenated alkanes) is 1. The van der Waals surface area contributed by atoms with E-state index in [1.54, 1.807) is 10.8 Å². The van der Waals surface area contributed by atoms with Crippen LogP contribution in [0.1, 0.15) is 25.7 Å². The number of rotatable bonds is 6. The topological polar surface area (TPSA) is 66.9 Å². The van der Waals surface area contributed by atoms with Crippen LogP contribution in [0.5, 0.6) is 0 Å². The molecule has 1 aromatic rings. The van der Waals surface area contributed by atoms with Gasteiger partial charge in [-0.25, -0.2) is 4.79 Å². The number of aromatic amines is 1. The Kier molecular flexibility index (Phi) is 3.56. The quantitative estimate of drug-likeness (QED) is 0.671. The largest absolute Gasteiger partial charge is 0.328 e. The molecule has 88 valence electrons. The van der Waals surface area contributed by atoms with Crippen LogP contribution in [0.25, 0.3) is 0 Å². The van der Waals surface area contributed by atoms with Crippen LogP contribution in [-0.2, 0) is 6.54 Å². The Balaban J connectivity index is 1.71. The highest BCUT2D eigenvalue weighted by Gasteiger charge is 2.19. The first-order valence-corrected chi connectivity index (χ1v) is 5.79. The number of H-pyrrole nitrogens is 1. The van der Waals surface area contributed by atoms with E-state index >= 15 is 0 Å². The third-order valence-electron chi connectivity index (χ3n) is 2.73. The van der Waals surface area contributed by atoms with Crippen molar-refractivity contribution >= 4 is 0 Å². The molecule has 5 heteroatoms. The molecule has 0 amide bonds. The summed E-state index contributed by atoms with van der Waals surface area (Å²) in [7, 11) is 0. The zero-order valence-electron chi connectivity index (χ0n) is 9.24. The molecule has 16 heavy (non-hydrogen) atoms. The van der Waals surface area contributed by atoms with Crippen molar-refractivity contribution in [3.63, 3.8) is 0 Å². The van der Waals surface area contributed by atoms with Crippen LogP contribution in [-0.4, -0.2) is 22.1 Å². The van der Waals surface area contributed by atoms with E-state index in [0.717, 1.165) is 25.4 Å². The molecule has 5 nitrogen and oxygen atoms in total. The zero-order valence-corrected chi connectivity index (χ0v) is 9.24. The molecule has 2 rings (SSSR count). The Morgan fingerprint density at radius 3 is 2.88 bits per heavy atom. The van der Waals surface area contributed by atoms with Crippen molar-refractivity contribution in [2.75, 3.05) is 6.54 Å². The summed E-state index contributed by atoms with van der Waals surface area (Å²) < 4.78 is 1.54. The van der Waals surface area contributed by atoms with E-state index in [0.29, 0.717) is 6.54 Å². The maximum atomic E-state index is 11.3. The molecule has 0 spiro atoms. The van der Waals surface area contributed by atoms with Gasteiger partial charge in [0.25, 0.3) is 5.56 Å². The number of aromatic nitrogens is 2. The lowest BCUT2D eigenvalue weighted by Crippen LogP contribution is -2.28. The van der Waals surface area contributed by atoms with Gasteiger partial charge in [-0.15, -0.1) is 0 Å². The number of aryl methyl sites for hydroxylation is 1. The molecule has 0 atom stereocenters. The van der Waals surface area contributed by atoms with Gasteiger partial charge in [0.05, 0.1) is 0 Å². The highest BCUT2D eigenvalue weighted by molar-refractivity contribution is 4.82. The number of nitrogens with one attached hydrogen (secondary N) is 2. The van der Waals surface area contributed by atoms with Gasteiger partial charge >= 0.3 is 5.69 Å². The van der Waals surface area contributed by atoms with Gasteiger partial charge in [0.2, 0.25) is 0 Å². The van der Waals surface area contributed by atoms with Crippen LogP contribution in [0, 0.1) is 0 Å². The Bertz CT molecular complexity index is 445. The Morgan fingerprint density at radius 2 is 2.19 bits per heavy atom. The second-order valence-corrected chi connectivity index (χ2v) is 4.24. The Labute approximate surface area is 93.5 Å². The fourth-order valence-electron chi connectivity index (χ4n) is 1.62. The number of nitrogens with zero attached hydrogens (tertiary/aromatic N) is 1. The third kappa shape index (κ3) is 3.34. The monoisotopic (exact) mass is 223 g/mol. The van der Waals surface area contributed by atoms with Gasteiger partial charge in [-0.3, -0.25) is 9.78 Å². The molecule has 0 saturated heterocycles. The summed E-state index contributed by atoms with van der Waals surface area (Å²) in [4.78, 5) is 24.4. The lowest BCUT2D eigenvalue weighted by Gasteiger charge is -2.04. The molecular weight excluding hydrogens is 206 g/mol. The van der Waals surface area contributed by atoms with Crippen LogP contribution < -0.4 is 16.6 Å². The van der Waals surface area contributed by atoms with Gasteiger partial charge in [0, 0.05) is 24.8 Å². The van der Waals surface area contributed by atoms with Crippen molar-refractivity contribution in [3.05, 3.63) is 33.1 Å². The second kappa shape index (κ2) is 5.12. The molecule has 2 N–H and O–H groups in total. The summed E-state index contributed by atoms with van der Waals surface area (Å²) in [6, 6.07) is 2.12. The summed E-state index contributed by atoms with van der Waals surface area (Å²) in [5.74, 6) is 0. The molecule has 1 heterocycles. The molecule has 0 aromatic carbocycles. The molecule has 1 aliphatic rings. The van der Waals surface area contributed by atoms with Gasteiger partial charge in [-0.05, 0) is 32.2 Å². The highest BCUT2D eigenvalue weighted by atomic mass is 16.2. The standard InChI is InChI=1S/C11H17N3O2/c15-10-5-8-14(11(16)13-10)7-2-1-6-12-9-3-4-9/h5,8-9,12H,1-4,6-7H2,(H,13,15,16). The summed E-state index contributed by atoms with van der Waals surface area (Å²) in [6.07, 6.45) is 6.17. The van der Waals surface area contributed by atoms with E-state index in [9.17, 15) is 9.59 Å². The molecule has 1 aromatic heterocycles. The van der Waals surface area contributed by atoms with E-state index in [4.69, 9.17) is 0 Å². The van der Waals surface area contributed by atoms with Crippen LogP contribution >= 0.6 is 0 Å². The van der Waals surface area contributed by atoms with Gasteiger partial charge in [-0.1, -0.05) is 0 Å². The number of hydrogen-bond acceptors (Lipinski definition) is 3. The fourth-order valence-corrected chi connectivity index (χ4v) is 1.62. The Hall–Kier alpha value is -1.36. The molecule has 0 unspecified atom stereocenters. The minimum atomic E-state index is -0.336. The predicted molar refractivity (Wildman–Crippen MR) is 61.6 cm³/mol. The van der Waals surface area contributed by atoms with Gasteiger partial charge in [0.15, 0.2) is 0 Å². The normalized spacial score (nSPS) is 15.2. The lowest BCUT2D eigenvalue weighted by atomic mass is 10.3. The summed E-state index contributed by atoms with van der Waals surface area (Å²) in [5.41, 5.74) is -0.653. The van der Waals surface area contributed by atoms with Crippen molar-refractivity contribution < 1.29 is 0 Å². The summed E-state index contributed by atoms with van der Waals surface area (Å²) in [5, 5.41) is 3.42. The molecule has 1 aliphatic carbocycles. The summed E-state index contributed by atoms with van der Waals surface area (Å²) in [6.45, 7) is 1.69. The first kappa shape index (κ1) is 11.1. The molecule has 0 bridgehead atoms. The van der Waals surface area contributed by atoms with Gasteiger partial charge in [0.1, 0.15) is 0 Å². The smallest absolute Gasteiger partial charge is 0.314 e. The molecular formula is C11H17N3O2. The van der Waals surface area contributed by atoms with Crippen LogP contribution in [0.4, 0.5) is 0 Å². The van der Waals surface area contributed by atoms with Crippen LogP contribution in [0.2, 0.25) is 0 Å². The predicted octanol–water partition coefficient (Wildman–Crippen LogP) is 0.0688. The van der Waals surface area contributed by atoms with E-state index < -0.39 is 0 Å². The first-order chi connectivity index (χ1) is 7.75. The van der Waals surface area contributed by atoms with Crippen molar-refractivity contribution in [1.29, 1.82) is 0 Å². The van der Waals surface area contributed by atoms with Gasteiger partial charge < -0.3 is 9.88 Å². The molecule has 0 aliphatic heterocycles. The average molecular weight is 223 g/mol. The van der Waals surface area contributed by atoms with E-state index in [1.807, 2.05) is 0 Å². The fraction of sp³-hybridized carbons (Fsp3) is 0.636. The van der Waals surface area contributed by atoms with E-state index in [-0.39, 0.29) is 11.2 Å². The Morgan fingerprint density at radius 1 is 1.38 bits per heavy atom. The van der Waals surface area contributed by atoms with Crippen LogP contribution in [0.3, 0.4) is 0 Å². The van der Waals surface area contributed by atoms with Crippen molar-refractivity contribution in [1.82, 2.24) is 14.9 Å². The average Bonchev–Trinajstić information content (AvgIpc) is 3.04.